The lowest BCUT2D eigenvalue weighted by molar-refractivity contribution is 0.553. The Kier molecular flexibility index (Phi) is 1.34. The third kappa shape index (κ3) is 0.894. The van der Waals surface area contributed by atoms with Gasteiger partial charge in [-0.3, -0.25) is 0 Å². The first-order valence-corrected chi connectivity index (χ1v) is 2.10. The van der Waals surface area contributed by atoms with Crippen LogP contribution in [-0.4, -0.2) is 15.2 Å². The third-order valence-electron chi connectivity index (χ3n) is 0.501. The van der Waals surface area contributed by atoms with Gasteiger partial charge in [-0.2, -0.15) is 4.39 Å². The van der Waals surface area contributed by atoms with Crippen LogP contribution in [0.5, 0.6) is 0 Å². The van der Waals surface area contributed by atoms with Crippen LogP contribution in [0.2, 0.25) is 5.15 Å². The van der Waals surface area contributed by atoms with Gasteiger partial charge in [0.15, 0.2) is 5.15 Å². The summed E-state index contributed by atoms with van der Waals surface area (Å²) < 4.78 is 11.9. The summed E-state index contributed by atoms with van der Waals surface area (Å²) in [4.78, 5) is 3.17. The summed E-state index contributed by atoms with van der Waals surface area (Å²) in [5.41, 5.74) is 0. The monoisotopic (exact) mass is 132 g/mol. The van der Waals surface area contributed by atoms with Crippen molar-refractivity contribution in [2.45, 2.75) is 0 Å². The topological polar surface area (TPSA) is 38.7 Å². The summed E-state index contributed by atoms with van der Waals surface area (Å²) in [6.07, 6.45) is 2.02. The highest BCUT2D eigenvalue weighted by molar-refractivity contribution is 6.29. The van der Waals surface area contributed by atoms with Gasteiger partial charge in [-0.15, -0.1) is 10.2 Å². The predicted octanol–water partition coefficient (Wildman–Crippen LogP) is 0.464. The van der Waals surface area contributed by atoms with E-state index >= 15 is 0 Å². The van der Waals surface area contributed by atoms with Crippen molar-refractivity contribution >= 4 is 11.6 Å². The normalized spacial score (nSPS) is 9.25. The zero-order chi connectivity index (χ0) is 5.98. The Balaban J connectivity index is 3.13. The molecule has 1 radical (unpaired) electrons. The third-order valence-corrected chi connectivity index (χ3v) is 0.741. The maximum atomic E-state index is 11.9. The molecule has 41 valence electrons. The molecule has 0 aliphatic carbocycles. The van der Waals surface area contributed by atoms with Crippen molar-refractivity contribution in [3.8, 4) is 0 Å². The minimum Gasteiger partial charge on any atom is -0.207 e. The molecular weight excluding hydrogens is 133 g/mol. The molecule has 0 fully saturated rings. The van der Waals surface area contributed by atoms with Crippen LogP contribution in [0.1, 0.15) is 0 Å². The fraction of sp³-hybridized carbons (Fsp3) is 0. The number of rotatable bonds is 0. The van der Waals surface area contributed by atoms with E-state index < -0.39 is 5.95 Å². The van der Waals surface area contributed by atoms with E-state index in [1.807, 2.05) is 6.33 Å². The Morgan fingerprint density at radius 2 is 2.38 bits per heavy atom. The molecule has 0 aliphatic rings. The second kappa shape index (κ2) is 2.00. The Hall–Kier alpha value is -0.770. The molecule has 0 spiro atoms. The molecule has 1 aromatic rings. The average molecular weight is 133 g/mol. The van der Waals surface area contributed by atoms with Crippen molar-refractivity contribution in [1.29, 1.82) is 0 Å². The molecule has 1 aromatic heterocycles. The largest absolute Gasteiger partial charge is 0.270 e. The maximum absolute atomic E-state index is 11.9. The maximum Gasteiger partial charge on any atom is 0.270 e. The van der Waals surface area contributed by atoms with E-state index in [-0.39, 0.29) is 5.15 Å². The van der Waals surface area contributed by atoms with Gasteiger partial charge in [0.25, 0.3) is 5.95 Å². The highest BCUT2D eigenvalue weighted by Gasteiger charge is 1.97. The van der Waals surface area contributed by atoms with Gasteiger partial charge in [-0.05, 0) is 0 Å². The minimum absolute atomic E-state index is 0.306. The molecular formula is C3ClFN3. The van der Waals surface area contributed by atoms with Crippen molar-refractivity contribution in [3.63, 3.8) is 0 Å². The van der Waals surface area contributed by atoms with Crippen LogP contribution in [0.3, 0.4) is 0 Å². The second-order valence-electron chi connectivity index (χ2n) is 0.993. The summed E-state index contributed by atoms with van der Waals surface area (Å²) in [5.74, 6) is -0.870. The zero-order valence-electron chi connectivity index (χ0n) is 3.60. The van der Waals surface area contributed by atoms with Crippen LogP contribution in [0.4, 0.5) is 4.39 Å². The number of hydrogen-bond donors (Lipinski definition) is 0. The van der Waals surface area contributed by atoms with Gasteiger partial charge in [-0.1, -0.05) is 11.6 Å². The molecule has 0 saturated carbocycles. The molecule has 8 heavy (non-hydrogen) atoms. The Morgan fingerprint density at radius 3 is 2.75 bits per heavy atom. The van der Waals surface area contributed by atoms with Crippen LogP contribution < -0.4 is 0 Å². The van der Waals surface area contributed by atoms with Crippen molar-refractivity contribution in [2.75, 3.05) is 0 Å². The molecule has 3 nitrogen and oxygen atoms in total. The predicted molar refractivity (Wildman–Crippen MR) is 23.6 cm³/mol. The van der Waals surface area contributed by atoms with Crippen molar-refractivity contribution in [2.24, 2.45) is 0 Å². The molecule has 1 rings (SSSR count). The molecule has 0 amide bonds. The molecule has 0 aromatic carbocycles. The lowest BCUT2D eigenvalue weighted by Gasteiger charge is -1.82. The lowest BCUT2D eigenvalue weighted by atomic mass is 10.8. The van der Waals surface area contributed by atoms with Crippen LogP contribution in [0.25, 0.3) is 0 Å². The highest BCUT2D eigenvalue weighted by atomic mass is 35.5. The van der Waals surface area contributed by atoms with Crippen LogP contribution >= 0.6 is 11.6 Å². The Bertz CT molecular complexity index is 171. The molecule has 1 heterocycles. The van der Waals surface area contributed by atoms with E-state index in [9.17, 15) is 4.39 Å². The smallest absolute Gasteiger partial charge is 0.207 e. The van der Waals surface area contributed by atoms with Gasteiger partial charge in [0.1, 0.15) is 0 Å². The van der Waals surface area contributed by atoms with Crippen molar-refractivity contribution in [1.82, 2.24) is 15.2 Å². The number of halogens is 2. The highest BCUT2D eigenvalue weighted by Crippen LogP contribution is 2.02. The molecule has 0 saturated heterocycles. The lowest BCUT2D eigenvalue weighted by Crippen LogP contribution is -1.89. The van der Waals surface area contributed by atoms with E-state index in [1.54, 1.807) is 0 Å². The van der Waals surface area contributed by atoms with Crippen LogP contribution in [0, 0.1) is 12.3 Å². The summed E-state index contributed by atoms with van der Waals surface area (Å²) in [6, 6.07) is 0. The number of nitrogens with zero attached hydrogens (tertiary/aromatic N) is 3. The molecule has 0 aliphatic heterocycles. The van der Waals surface area contributed by atoms with Gasteiger partial charge >= 0.3 is 0 Å². The van der Waals surface area contributed by atoms with E-state index in [4.69, 9.17) is 11.6 Å². The summed E-state index contributed by atoms with van der Waals surface area (Å²) in [7, 11) is 0. The molecule has 5 heteroatoms. The Labute approximate surface area is 49.5 Å². The fourth-order valence-corrected chi connectivity index (χ4v) is 0.295. The molecule has 0 N–H and O–H groups in total. The molecule has 0 bridgehead atoms. The van der Waals surface area contributed by atoms with E-state index in [0.29, 0.717) is 0 Å². The van der Waals surface area contributed by atoms with Crippen LogP contribution in [0.15, 0.2) is 0 Å². The van der Waals surface area contributed by atoms with Crippen molar-refractivity contribution < 1.29 is 4.39 Å². The molecule has 0 atom stereocenters. The summed E-state index contributed by atoms with van der Waals surface area (Å²) >= 11 is 5.09. The first kappa shape index (κ1) is 5.37. The quantitative estimate of drug-likeness (QED) is 0.515. The summed E-state index contributed by atoms with van der Waals surface area (Å²) in [5, 5.41) is 5.61. The standard InChI is InChI=1S/C3ClFN3/c4-2-3(5)8-7-1-6-2. The molecule has 0 unspecified atom stereocenters. The van der Waals surface area contributed by atoms with Gasteiger partial charge < -0.3 is 0 Å². The van der Waals surface area contributed by atoms with Gasteiger partial charge in [0.05, 0.1) is 0 Å². The summed E-state index contributed by atoms with van der Waals surface area (Å²) in [6.45, 7) is 0. The fourth-order valence-electron chi connectivity index (χ4n) is 0.220. The van der Waals surface area contributed by atoms with E-state index in [0.717, 1.165) is 0 Å². The second-order valence-corrected chi connectivity index (χ2v) is 1.35. The Morgan fingerprint density at radius 1 is 1.62 bits per heavy atom. The minimum atomic E-state index is -0.870. The zero-order valence-corrected chi connectivity index (χ0v) is 4.35. The number of hydrogen-bond acceptors (Lipinski definition) is 3. The van der Waals surface area contributed by atoms with E-state index in [1.165, 1.54) is 0 Å². The van der Waals surface area contributed by atoms with Crippen LogP contribution in [-0.2, 0) is 0 Å². The van der Waals surface area contributed by atoms with Gasteiger partial charge in [-0.25, -0.2) is 4.98 Å². The first-order chi connectivity index (χ1) is 3.80. The van der Waals surface area contributed by atoms with Gasteiger partial charge in [0, 0.05) is 0 Å². The van der Waals surface area contributed by atoms with E-state index in [2.05, 4.69) is 15.2 Å². The van der Waals surface area contributed by atoms with Gasteiger partial charge in [0.2, 0.25) is 6.33 Å². The first-order valence-electron chi connectivity index (χ1n) is 1.72. The average Bonchev–Trinajstić information content (AvgIpc) is 1.77. The number of aromatic nitrogens is 3. The SMILES string of the molecule is Fc1nn[c]nc1Cl. The van der Waals surface area contributed by atoms with Crippen molar-refractivity contribution in [3.05, 3.63) is 17.4 Å².